The first-order valence-electron chi connectivity index (χ1n) is 5.66. The maximum atomic E-state index is 14.1. The Hall–Kier alpha value is -1.95. The molecular formula is C14H11BrF2N2O. The van der Waals surface area contributed by atoms with Crippen LogP contribution >= 0.6 is 15.9 Å². The second-order valence-electron chi connectivity index (χ2n) is 4.17. The molecule has 0 saturated carbocycles. The number of nitrogen functional groups attached to an aromatic ring is 1. The van der Waals surface area contributed by atoms with Crippen molar-refractivity contribution in [1.82, 2.24) is 0 Å². The van der Waals surface area contributed by atoms with Gasteiger partial charge in [0.1, 0.15) is 17.4 Å². The number of halogens is 3. The van der Waals surface area contributed by atoms with Gasteiger partial charge in [-0.15, -0.1) is 0 Å². The molecule has 104 valence electrons. The molecule has 0 aliphatic heterocycles. The Morgan fingerprint density at radius 1 is 1.25 bits per heavy atom. The highest BCUT2D eigenvalue weighted by molar-refractivity contribution is 9.10. The first kappa shape index (κ1) is 14.5. The van der Waals surface area contributed by atoms with Crippen LogP contribution in [-0.4, -0.2) is 5.84 Å². The van der Waals surface area contributed by atoms with Crippen molar-refractivity contribution in [2.45, 2.75) is 6.92 Å². The molecule has 2 aromatic rings. The molecule has 0 aromatic heterocycles. The van der Waals surface area contributed by atoms with Crippen molar-refractivity contribution in [1.29, 1.82) is 5.41 Å². The lowest BCUT2D eigenvalue weighted by molar-refractivity contribution is 0.436. The molecule has 0 radical (unpaired) electrons. The van der Waals surface area contributed by atoms with Gasteiger partial charge in [-0.2, -0.15) is 0 Å². The molecule has 2 aromatic carbocycles. The highest BCUT2D eigenvalue weighted by atomic mass is 79.9. The molecule has 0 atom stereocenters. The quantitative estimate of drug-likeness (QED) is 0.652. The zero-order valence-electron chi connectivity index (χ0n) is 10.5. The average Bonchev–Trinajstić information content (AvgIpc) is 2.39. The normalized spacial score (nSPS) is 10.4. The lowest BCUT2D eigenvalue weighted by Crippen LogP contribution is -2.12. The van der Waals surface area contributed by atoms with Crippen molar-refractivity contribution in [3.05, 3.63) is 57.6 Å². The first-order valence-corrected chi connectivity index (χ1v) is 6.46. The number of hydrogen-bond acceptors (Lipinski definition) is 2. The predicted molar refractivity (Wildman–Crippen MR) is 76.3 cm³/mol. The summed E-state index contributed by atoms with van der Waals surface area (Å²) in [6.45, 7) is 1.62. The number of aryl methyl sites for hydroxylation is 1. The molecule has 3 N–H and O–H groups in total. The molecule has 0 saturated heterocycles. The van der Waals surface area contributed by atoms with Gasteiger partial charge in [-0.25, -0.2) is 8.78 Å². The van der Waals surface area contributed by atoms with Crippen molar-refractivity contribution in [2.24, 2.45) is 5.73 Å². The number of ether oxygens (including phenoxy) is 1. The summed E-state index contributed by atoms with van der Waals surface area (Å²) in [5, 5.41) is 7.31. The molecule has 0 spiro atoms. The standard InChI is InChI=1S/C14H11BrF2N2O/c1-7-2-3-8(6-10(7)16)20-11-5-4-9(14(18)19)12(15)13(11)17/h2-6H,1H3,(H3,18,19). The third-order valence-electron chi connectivity index (χ3n) is 2.71. The Morgan fingerprint density at radius 2 is 1.95 bits per heavy atom. The number of amidine groups is 1. The Balaban J connectivity index is 2.37. The van der Waals surface area contributed by atoms with Gasteiger partial charge in [0.15, 0.2) is 11.6 Å². The van der Waals surface area contributed by atoms with Crippen LogP contribution in [0.3, 0.4) is 0 Å². The fourth-order valence-corrected chi connectivity index (χ4v) is 2.12. The topological polar surface area (TPSA) is 59.1 Å². The van der Waals surface area contributed by atoms with Gasteiger partial charge < -0.3 is 10.5 Å². The summed E-state index contributed by atoms with van der Waals surface area (Å²) < 4.78 is 32.8. The molecule has 0 unspecified atom stereocenters. The van der Waals surface area contributed by atoms with Gasteiger partial charge in [-0.05, 0) is 46.6 Å². The van der Waals surface area contributed by atoms with E-state index < -0.39 is 11.6 Å². The van der Waals surface area contributed by atoms with E-state index >= 15 is 0 Å². The van der Waals surface area contributed by atoms with Crippen LogP contribution in [0.1, 0.15) is 11.1 Å². The lowest BCUT2D eigenvalue weighted by atomic mass is 10.2. The van der Waals surface area contributed by atoms with E-state index in [0.717, 1.165) is 0 Å². The number of nitrogens with two attached hydrogens (primary N) is 1. The third kappa shape index (κ3) is 2.80. The molecule has 0 fully saturated rings. The Morgan fingerprint density at radius 3 is 2.55 bits per heavy atom. The molecule has 0 heterocycles. The van der Waals surface area contributed by atoms with E-state index in [-0.39, 0.29) is 27.4 Å². The van der Waals surface area contributed by atoms with Crippen molar-refractivity contribution in [3.8, 4) is 11.5 Å². The smallest absolute Gasteiger partial charge is 0.180 e. The van der Waals surface area contributed by atoms with Gasteiger partial charge in [-0.3, -0.25) is 5.41 Å². The van der Waals surface area contributed by atoms with Crippen molar-refractivity contribution in [2.75, 3.05) is 0 Å². The van der Waals surface area contributed by atoms with Crippen LogP contribution < -0.4 is 10.5 Å². The van der Waals surface area contributed by atoms with Crippen molar-refractivity contribution < 1.29 is 13.5 Å². The predicted octanol–water partition coefficient (Wildman–Crippen LogP) is 4.11. The van der Waals surface area contributed by atoms with Crippen molar-refractivity contribution in [3.63, 3.8) is 0 Å². The summed E-state index contributed by atoms with van der Waals surface area (Å²) in [4.78, 5) is 0. The Labute approximate surface area is 123 Å². The summed E-state index contributed by atoms with van der Waals surface area (Å²) in [6.07, 6.45) is 0. The maximum Gasteiger partial charge on any atom is 0.180 e. The zero-order valence-corrected chi connectivity index (χ0v) is 12.1. The van der Waals surface area contributed by atoms with E-state index in [1.165, 1.54) is 18.2 Å². The zero-order chi connectivity index (χ0) is 14.9. The monoisotopic (exact) mass is 340 g/mol. The van der Waals surface area contributed by atoms with Gasteiger partial charge in [-0.1, -0.05) is 6.07 Å². The van der Waals surface area contributed by atoms with Crippen LogP contribution in [-0.2, 0) is 0 Å². The van der Waals surface area contributed by atoms with E-state index in [2.05, 4.69) is 15.9 Å². The van der Waals surface area contributed by atoms with Crippen LogP contribution in [0.5, 0.6) is 11.5 Å². The van der Waals surface area contributed by atoms with E-state index in [0.29, 0.717) is 5.56 Å². The van der Waals surface area contributed by atoms with Crippen LogP contribution in [0.25, 0.3) is 0 Å². The summed E-state index contributed by atoms with van der Waals surface area (Å²) in [7, 11) is 0. The van der Waals surface area contributed by atoms with Gasteiger partial charge >= 0.3 is 0 Å². The minimum Gasteiger partial charge on any atom is -0.454 e. The molecular weight excluding hydrogens is 330 g/mol. The highest BCUT2D eigenvalue weighted by Gasteiger charge is 2.15. The number of nitrogens with one attached hydrogen (secondary N) is 1. The molecule has 0 amide bonds. The fraction of sp³-hybridized carbons (Fsp3) is 0.0714. The first-order chi connectivity index (χ1) is 9.40. The molecule has 6 heteroatoms. The van der Waals surface area contributed by atoms with Gasteiger partial charge in [0.25, 0.3) is 0 Å². The van der Waals surface area contributed by atoms with Crippen molar-refractivity contribution >= 4 is 21.8 Å². The molecule has 20 heavy (non-hydrogen) atoms. The van der Waals surface area contributed by atoms with Crippen LogP contribution in [0, 0.1) is 24.0 Å². The van der Waals surface area contributed by atoms with E-state index in [1.54, 1.807) is 19.1 Å². The summed E-state index contributed by atoms with van der Waals surface area (Å²) in [6, 6.07) is 7.07. The molecule has 0 aliphatic rings. The summed E-state index contributed by atoms with van der Waals surface area (Å²) in [5.74, 6) is -1.27. The average molecular weight is 341 g/mol. The van der Waals surface area contributed by atoms with Gasteiger partial charge in [0, 0.05) is 11.6 Å². The van der Waals surface area contributed by atoms with Gasteiger partial charge in [0.05, 0.1) is 4.47 Å². The summed E-state index contributed by atoms with van der Waals surface area (Å²) >= 11 is 3.02. The van der Waals surface area contributed by atoms with Crippen LogP contribution in [0.15, 0.2) is 34.8 Å². The number of rotatable bonds is 3. The second-order valence-corrected chi connectivity index (χ2v) is 4.96. The minimum absolute atomic E-state index is 0.0371. The fourth-order valence-electron chi connectivity index (χ4n) is 1.58. The van der Waals surface area contributed by atoms with E-state index in [4.69, 9.17) is 15.9 Å². The molecule has 3 nitrogen and oxygen atoms in total. The Kier molecular flexibility index (Phi) is 4.04. The van der Waals surface area contributed by atoms with Crippen LogP contribution in [0.4, 0.5) is 8.78 Å². The number of hydrogen-bond donors (Lipinski definition) is 2. The molecule has 0 aliphatic carbocycles. The molecule has 0 bridgehead atoms. The van der Waals surface area contributed by atoms with E-state index in [1.807, 2.05) is 0 Å². The third-order valence-corrected chi connectivity index (χ3v) is 3.48. The lowest BCUT2D eigenvalue weighted by Gasteiger charge is -2.10. The SMILES string of the molecule is Cc1ccc(Oc2ccc(C(=N)N)c(Br)c2F)cc1F. The minimum atomic E-state index is -0.696. The Bertz CT molecular complexity index is 689. The van der Waals surface area contributed by atoms with E-state index in [9.17, 15) is 8.78 Å². The maximum absolute atomic E-state index is 14.1. The van der Waals surface area contributed by atoms with Crippen LogP contribution in [0.2, 0.25) is 0 Å². The van der Waals surface area contributed by atoms with Gasteiger partial charge in [0.2, 0.25) is 0 Å². The summed E-state index contributed by atoms with van der Waals surface area (Å²) in [5.41, 5.74) is 6.02. The number of benzene rings is 2. The largest absolute Gasteiger partial charge is 0.454 e. The molecule has 2 rings (SSSR count). The second kappa shape index (κ2) is 5.58. The highest BCUT2D eigenvalue weighted by Crippen LogP contribution is 2.32.